The Morgan fingerprint density at radius 3 is 2.71 bits per heavy atom. The Morgan fingerprint density at radius 1 is 1.24 bits per heavy atom. The van der Waals surface area contributed by atoms with Crippen molar-refractivity contribution >= 4 is 27.7 Å². The molecule has 0 bridgehead atoms. The molecule has 0 spiro atoms. The van der Waals surface area contributed by atoms with Crippen molar-refractivity contribution < 1.29 is 13.6 Å². The minimum atomic E-state index is -1.04. The van der Waals surface area contributed by atoms with Crippen LogP contribution in [0.15, 0.2) is 29.0 Å². The minimum Gasteiger partial charge on any atom is -0.353 e. The number of nitrogens with zero attached hydrogens (tertiary/aromatic N) is 4. The maximum Gasteiger partial charge on any atom is 0.231 e. The van der Waals surface area contributed by atoms with Crippen LogP contribution in [0.25, 0.3) is 0 Å². The summed E-state index contributed by atoms with van der Waals surface area (Å²) in [5.41, 5.74) is 2.10. The molecule has 2 fully saturated rings. The van der Waals surface area contributed by atoms with E-state index < -0.39 is 12.1 Å². The van der Waals surface area contributed by atoms with Gasteiger partial charge in [0.05, 0.1) is 16.1 Å². The number of amides is 1. The van der Waals surface area contributed by atoms with Crippen LogP contribution in [-0.4, -0.2) is 60.0 Å². The highest BCUT2D eigenvalue weighted by molar-refractivity contribution is 9.10. The van der Waals surface area contributed by atoms with Gasteiger partial charge in [0, 0.05) is 38.3 Å². The Balaban J connectivity index is 1.28. The maximum atomic E-state index is 14.3. The fourth-order valence-corrected chi connectivity index (χ4v) is 5.35. The quantitative estimate of drug-likeness (QED) is 0.574. The molecular formula is C25H30BrF2N5O. The van der Waals surface area contributed by atoms with Crippen LogP contribution in [0.4, 0.5) is 14.6 Å². The lowest BCUT2D eigenvalue weighted by molar-refractivity contribution is -0.133. The molecule has 6 nitrogen and oxygen atoms in total. The number of benzene rings is 1. The summed E-state index contributed by atoms with van der Waals surface area (Å²) >= 11 is 3.20. The molecule has 2 aliphatic carbocycles. The molecule has 1 aromatic carbocycles. The third-order valence-electron chi connectivity index (χ3n) is 7.26. The summed E-state index contributed by atoms with van der Waals surface area (Å²) in [7, 11) is 0. The molecule has 1 amide bonds. The highest BCUT2D eigenvalue weighted by Gasteiger charge is 2.36. The summed E-state index contributed by atoms with van der Waals surface area (Å²) in [6, 6.07) is 4.95. The molecule has 5 rings (SSSR count). The van der Waals surface area contributed by atoms with E-state index in [2.05, 4.69) is 36.1 Å². The first-order valence-electron chi connectivity index (χ1n) is 12.1. The second-order valence-corrected chi connectivity index (χ2v) is 10.6. The zero-order valence-corrected chi connectivity index (χ0v) is 20.9. The molecule has 0 radical (unpaired) electrons. The lowest BCUT2D eigenvalue weighted by atomic mass is 9.96. The van der Waals surface area contributed by atoms with Gasteiger partial charge in [-0.25, -0.2) is 18.7 Å². The molecule has 1 saturated heterocycles. The molecule has 1 aromatic heterocycles. The highest BCUT2D eigenvalue weighted by atomic mass is 79.9. The zero-order chi connectivity index (χ0) is 23.8. The van der Waals surface area contributed by atoms with Gasteiger partial charge in [0.25, 0.3) is 0 Å². The van der Waals surface area contributed by atoms with Crippen molar-refractivity contribution in [3.63, 3.8) is 0 Å². The third kappa shape index (κ3) is 4.82. The van der Waals surface area contributed by atoms with Crippen LogP contribution in [0, 0.1) is 11.7 Å². The number of aromatic nitrogens is 2. The summed E-state index contributed by atoms with van der Waals surface area (Å²) in [5, 5.41) is 3.43. The number of halogens is 3. The Hall–Kier alpha value is -2.13. The average molecular weight is 534 g/mol. The van der Waals surface area contributed by atoms with E-state index in [-0.39, 0.29) is 17.6 Å². The molecule has 1 N–H and O–H groups in total. The third-order valence-corrected chi connectivity index (χ3v) is 7.90. The number of carbonyl (C=O) groups excluding carboxylic acids is 1. The van der Waals surface area contributed by atoms with Crippen LogP contribution in [0.2, 0.25) is 0 Å². The van der Waals surface area contributed by atoms with Gasteiger partial charge in [-0.3, -0.25) is 4.79 Å². The molecule has 9 heteroatoms. The molecule has 3 atom stereocenters. The van der Waals surface area contributed by atoms with E-state index >= 15 is 0 Å². The minimum absolute atomic E-state index is 0.00905. The predicted octanol–water partition coefficient (Wildman–Crippen LogP) is 4.33. The van der Waals surface area contributed by atoms with E-state index in [1.807, 2.05) is 17.9 Å². The molecule has 2 heterocycles. The van der Waals surface area contributed by atoms with Gasteiger partial charge in [0.15, 0.2) is 0 Å². The number of nitrogens with one attached hydrogen (secondary N) is 1. The number of piperazine rings is 1. The van der Waals surface area contributed by atoms with Gasteiger partial charge in [-0.2, -0.15) is 0 Å². The largest absolute Gasteiger partial charge is 0.353 e. The van der Waals surface area contributed by atoms with E-state index in [9.17, 15) is 13.6 Å². The van der Waals surface area contributed by atoms with E-state index in [0.717, 1.165) is 17.9 Å². The Labute approximate surface area is 207 Å². The smallest absolute Gasteiger partial charge is 0.231 e. The van der Waals surface area contributed by atoms with Crippen molar-refractivity contribution in [2.75, 3.05) is 44.2 Å². The lowest BCUT2D eigenvalue weighted by Gasteiger charge is -2.38. The molecule has 182 valence electrons. The second-order valence-electron chi connectivity index (χ2n) is 9.74. The van der Waals surface area contributed by atoms with Crippen LogP contribution < -0.4 is 10.2 Å². The van der Waals surface area contributed by atoms with Crippen molar-refractivity contribution in [3.8, 4) is 0 Å². The molecule has 3 aliphatic rings. The van der Waals surface area contributed by atoms with Gasteiger partial charge in [-0.05, 0) is 71.3 Å². The van der Waals surface area contributed by atoms with Gasteiger partial charge in [0.1, 0.15) is 24.1 Å². The van der Waals surface area contributed by atoms with Gasteiger partial charge in [-0.15, -0.1) is 0 Å². The maximum absolute atomic E-state index is 14.3. The monoisotopic (exact) mass is 533 g/mol. The number of hydrogen-bond donors (Lipinski definition) is 1. The van der Waals surface area contributed by atoms with Crippen LogP contribution in [0.1, 0.15) is 61.0 Å². The first-order valence-corrected chi connectivity index (χ1v) is 12.9. The van der Waals surface area contributed by atoms with Crippen LogP contribution in [0.3, 0.4) is 0 Å². The standard InChI is InChI=1S/C25H30BrF2N5O/c1-15-10-21(28)23-22(15)24(31-14-30-23)32-6-8-33(9-7-32)25(34)18(13-29-12-16-2-3-16)17-4-5-19(26)20(27)11-17/h4-5,11,14-16,18,21,29H,2-3,6-10,12-13H2,1H3/t15-,18?,21+/m1/s1. The van der Waals surface area contributed by atoms with Crippen molar-refractivity contribution in [1.82, 2.24) is 20.2 Å². The van der Waals surface area contributed by atoms with E-state index in [0.29, 0.717) is 60.8 Å². The summed E-state index contributed by atoms with van der Waals surface area (Å²) in [6.07, 6.45) is 3.31. The number of hydrogen-bond acceptors (Lipinski definition) is 5. The lowest BCUT2D eigenvalue weighted by Crippen LogP contribution is -2.51. The summed E-state index contributed by atoms with van der Waals surface area (Å²) in [6.45, 7) is 5.73. The Kier molecular flexibility index (Phi) is 6.84. The van der Waals surface area contributed by atoms with Gasteiger partial charge >= 0.3 is 0 Å². The number of fused-ring (bicyclic) bond motifs is 1. The average Bonchev–Trinajstić information content (AvgIpc) is 3.62. The molecular weight excluding hydrogens is 504 g/mol. The number of alkyl halides is 1. The molecule has 1 unspecified atom stereocenters. The van der Waals surface area contributed by atoms with Gasteiger partial charge in [-0.1, -0.05) is 13.0 Å². The highest BCUT2D eigenvalue weighted by Crippen LogP contribution is 2.44. The first kappa shape index (κ1) is 23.6. The van der Waals surface area contributed by atoms with Crippen molar-refractivity contribution in [1.29, 1.82) is 0 Å². The zero-order valence-electron chi connectivity index (χ0n) is 19.3. The topological polar surface area (TPSA) is 61.4 Å². The Bertz CT molecular complexity index is 1060. The summed E-state index contributed by atoms with van der Waals surface area (Å²) in [4.78, 5) is 26.2. The normalized spacial score (nSPS) is 23.2. The van der Waals surface area contributed by atoms with E-state index in [1.165, 1.54) is 25.2 Å². The van der Waals surface area contributed by atoms with E-state index in [1.54, 1.807) is 6.07 Å². The number of carbonyl (C=O) groups is 1. The SMILES string of the molecule is C[C@@H]1C[C@H](F)c2ncnc(N3CCN(C(=O)C(CNCC4CC4)c4ccc(Br)c(F)c4)CC3)c21. The Morgan fingerprint density at radius 2 is 2.00 bits per heavy atom. The van der Waals surface area contributed by atoms with E-state index in [4.69, 9.17) is 0 Å². The molecule has 1 saturated carbocycles. The van der Waals surface area contributed by atoms with Crippen LogP contribution in [-0.2, 0) is 4.79 Å². The fraction of sp³-hybridized carbons (Fsp3) is 0.560. The van der Waals surface area contributed by atoms with Crippen LogP contribution >= 0.6 is 15.9 Å². The summed E-state index contributed by atoms with van der Waals surface area (Å²) in [5.74, 6) is 0.776. The number of rotatable bonds is 7. The predicted molar refractivity (Wildman–Crippen MR) is 130 cm³/mol. The first-order chi connectivity index (χ1) is 16.4. The van der Waals surface area contributed by atoms with Crippen molar-refractivity contribution in [2.24, 2.45) is 5.92 Å². The summed E-state index contributed by atoms with van der Waals surface area (Å²) < 4.78 is 29.0. The van der Waals surface area contributed by atoms with Gasteiger partial charge in [0.2, 0.25) is 5.91 Å². The molecule has 1 aliphatic heterocycles. The second kappa shape index (κ2) is 9.85. The van der Waals surface area contributed by atoms with Gasteiger partial charge < -0.3 is 15.1 Å². The van der Waals surface area contributed by atoms with Crippen LogP contribution in [0.5, 0.6) is 0 Å². The molecule has 34 heavy (non-hydrogen) atoms. The molecule has 2 aromatic rings. The fourth-order valence-electron chi connectivity index (χ4n) is 5.10. The number of anilines is 1. The van der Waals surface area contributed by atoms with Crippen molar-refractivity contribution in [2.45, 2.75) is 44.2 Å². The van der Waals surface area contributed by atoms with Crippen molar-refractivity contribution in [3.05, 3.63) is 51.6 Å².